The Hall–Kier alpha value is -1.71. The van der Waals surface area contributed by atoms with Gasteiger partial charge in [0.05, 0.1) is 6.20 Å². The second-order valence-electron chi connectivity index (χ2n) is 2.80. The molecule has 0 N–H and O–H groups in total. The van der Waals surface area contributed by atoms with Gasteiger partial charge in [0, 0.05) is 6.07 Å². The molecule has 0 radical (unpaired) electrons. The molecule has 0 aromatic carbocycles. The Morgan fingerprint density at radius 3 is 2.07 bits per heavy atom. The second-order valence-corrected chi connectivity index (χ2v) is 2.80. The predicted octanol–water partition coefficient (Wildman–Crippen LogP) is 3.28. The monoisotopic (exact) mass is 195 g/mol. The van der Waals surface area contributed by atoms with Gasteiger partial charge in [-0.05, 0) is 17.2 Å². The zero-order valence-electron chi connectivity index (χ0n) is 7.15. The van der Waals surface area contributed by atoms with Gasteiger partial charge in [-0.25, -0.2) is 8.78 Å². The number of halogens is 2. The van der Waals surface area contributed by atoms with E-state index in [9.17, 15) is 8.78 Å². The van der Waals surface area contributed by atoms with Crippen molar-refractivity contribution in [3.05, 3.63) is 42.3 Å². The van der Waals surface area contributed by atoms with E-state index in [-0.39, 0.29) is 5.76 Å². The zero-order chi connectivity index (χ0) is 9.97. The third kappa shape index (κ3) is 1.96. The maximum atomic E-state index is 11.5. The lowest BCUT2D eigenvalue weighted by molar-refractivity contribution is 0.112. The summed E-state index contributed by atoms with van der Waals surface area (Å²) in [5.41, 5.74) is 2.85. The van der Waals surface area contributed by atoms with Gasteiger partial charge >= 0.3 is 0 Å². The summed E-state index contributed by atoms with van der Waals surface area (Å²) in [4.78, 5) is 0. The van der Waals surface area contributed by atoms with Crippen molar-refractivity contribution in [1.29, 1.82) is 0 Å². The van der Waals surface area contributed by atoms with E-state index in [1.807, 2.05) is 0 Å². The smallest absolute Gasteiger partial charge is 0.298 e. The summed E-state index contributed by atoms with van der Waals surface area (Å²) >= 11 is 0. The summed E-state index contributed by atoms with van der Waals surface area (Å²) in [5, 5.41) is 3.09. The molecule has 0 amide bonds. The number of hydrogen-bond acceptors (Lipinski definition) is 2. The van der Waals surface area contributed by atoms with E-state index in [4.69, 9.17) is 0 Å². The summed E-state index contributed by atoms with van der Waals surface area (Å²) < 4.78 is 27.0. The van der Waals surface area contributed by atoms with Gasteiger partial charge in [-0.1, -0.05) is 23.4 Å². The molecule has 0 saturated heterocycles. The Morgan fingerprint density at radius 2 is 1.86 bits per heavy atom. The lowest BCUT2D eigenvalue weighted by atomic mass is 10.5. The summed E-state index contributed by atoms with van der Waals surface area (Å²) in [5.74, 6) is -0.384. The van der Waals surface area contributed by atoms with E-state index in [2.05, 4.69) is 33.9 Å². The van der Waals surface area contributed by atoms with Crippen molar-refractivity contribution >= 4 is 0 Å². The van der Waals surface area contributed by atoms with Crippen molar-refractivity contribution < 1.29 is 13.3 Å². The molecule has 0 bridgehead atoms. The molecule has 1 aromatic heterocycles. The van der Waals surface area contributed by atoms with Crippen LogP contribution in [0, 0.1) is 0 Å². The molecule has 3 rings (SSSR count). The van der Waals surface area contributed by atoms with Gasteiger partial charge in [0.1, 0.15) is 0 Å². The topological polar surface area (TPSA) is 26.0 Å². The van der Waals surface area contributed by atoms with Crippen molar-refractivity contribution in [3.8, 4) is 11.1 Å². The van der Waals surface area contributed by atoms with Gasteiger partial charge in [0.2, 0.25) is 5.76 Å². The van der Waals surface area contributed by atoms with E-state index in [1.54, 1.807) is 0 Å². The first-order valence-electron chi connectivity index (χ1n) is 4.06. The highest BCUT2D eigenvalue weighted by molar-refractivity contribution is 5.80. The molecule has 0 aliphatic heterocycles. The molecule has 14 heavy (non-hydrogen) atoms. The largest absolute Gasteiger partial charge is 0.355 e. The first kappa shape index (κ1) is 8.87. The van der Waals surface area contributed by atoms with Crippen molar-refractivity contribution in [3.63, 3.8) is 0 Å². The summed E-state index contributed by atoms with van der Waals surface area (Å²) in [6, 6.07) is 9.61. The molecule has 1 aromatic rings. The van der Waals surface area contributed by atoms with E-state index in [0.717, 1.165) is 6.07 Å². The highest BCUT2D eigenvalue weighted by atomic mass is 19.3. The van der Waals surface area contributed by atoms with E-state index < -0.39 is 6.43 Å². The number of alkyl halides is 2. The van der Waals surface area contributed by atoms with Crippen LogP contribution in [0.5, 0.6) is 0 Å². The molecule has 0 atom stereocenters. The summed E-state index contributed by atoms with van der Waals surface area (Å²) in [6.07, 6.45) is -1.36. The van der Waals surface area contributed by atoms with Crippen LogP contribution in [0.4, 0.5) is 8.78 Å². The van der Waals surface area contributed by atoms with E-state index >= 15 is 0 Å². The van der Waals surface area contributed by atoms with Crippen LogP contribution in [0.25, 0.3) is 11.1 Å². The minimum absolute atomic E-state index is 0.384. The maximum Gasteiger partial charge on any atom is 0.298 e. The fourth-order valence-corrected chi connectivity index (χ4v) is 1.01. The van der Waals surface area contributed by atoms with Crippen LogP contribution in [0.3, 0.4) is 0 Å². The molecule has 72 valence electrons. The first-order chi connectivity index (χ1) is 6.77. The van der Waals surface area contributed by atoms with Crippen LogP contribution in [0.15, 0.2) is 41.1 Å². The fraction of sp³-hybridized carbons (Fsp3) is 0.100. The van der Waals surface area contributed by atoms with Crippen molar-refractivity contribution in [1.82, 2.24) is 5.16 Å². The number of rotatable bonds is 1. The third-order valence-electron chi connectivity index (χ3n) is 1.79. The number of aromatic nitrogens is 1. The highest BCUT2D eigenvalue weighted by Crippen LogP contribution is 2.32. The van der Waals surface area contributed by atoms with Gasteiger partial charge in [-0.3, -0.25) is 0 Å². The molecule has 1 heterocycles. The van der Waals surface area contributed by atoms with Gasteiger partial charge in [0.15, 0.2) is 0 Å². The van der Waals surface area contributed by atoms with Gasteiger partial charge in [0.25, 0.3) is 6.43 Å². The van der Waals surface area contributed by atoms with Gasteiger partial charge in [-0.15, -0.1) is 0 Å². The Balaban J connectivity index is 0.000000110. The van der Waals surface area contributed by atoms with E-state index in [1.165, 1.54) is 17.3 Å². The summed E-state index contributed by atoms with van der Waals surface area (Å²) in [6.45, 7) is 0. The Morgan fingerprint density at radius 1 is 1.14 bits per heavy atom. The molecule has 2 aliphatic rings. The Bertz CT molecular complexity index is 395. The van der Waals surface area contributed by atoms with Crippen LogP contribution >= 0.6 is 0 Å². The van der Waals surface area contributed by atoms with Gasteiger partial charge in [-0.2, -0.15) is 0 Å². The minimum atomic E-state index is -2.54. The Kier molecular flexibility index (Phi) is 2.26. The maximum absolute atomic E-state index is 11.5. The molecular weight excluding hydrogens is 188 g/mol. The first-order valence-corrected chi connectivity index (χ1v) is 4.06. The van der Waals surface area contributed by atoms with Gasteiger partial charge < -0.3 is 4.52 Å². The highest BCUT2D eigenvalue weighted by Gasteiger charge is 2.09. The standard InChI is InChI=1S/C6H4.C4H3F2NO/c1-2-5-4-6(5)3-1;5-4(6)3-1-2-7-8-3/h1-4H;1-2,4H. The normalized spacial score (nSPS) is 10.8. The van der Waals surface area contributed by atoms with Crippen LogP contribution in [0.1, 0.15) is 12.2 Å². The Labute approximate surface area is 79.1 Å². The minimum Gasteiger partial charge on any atom is -0.355 e. The van der Waals surface area contributed by atoms with Crippen LogP contribution in [0.2, 0.25) is 0 Å². The second kappa shape index (κ2) is 3.57. The van der Waals surface area contributed by atoms with Crippen molar-refractivity contribution in [2.75, 3.05) is 0 Å². The molecule has 0 spiro atoms. The molecular formula is C10H7F2NO. The number of fused-ring (bicyclic) bond motifs is 1. The molecule has 0 fully saturated rings. The molecule has 2 nitrogen and oxygen atoms in total. The molecule has 0 unspecified atom stereocenters. The molecule has 4 heteroatoms. The molecule has 0 saturated carbocycles. The number of nitrogens with zero attached hydrogens (tertiary/aromatic N) is 1. The number of benzene rings is 1. The quantitative estimate of drug-likeness (QED) is 0.595. The van der Waals surface area contributed by atoms with Crippen molar-refractivity contribution in [2.45, 2.75) is 6.43 Å². The lowest BCUT2D eigenvalue weighted by Gasteiger charge is -1.84. The molecule has 2 aliphatic carbocycles. The SMILES string of the molecule is FC(F)c1ccno1.c1cc2cc-2c1. The van der Waals surface area contributed by atoms with Crippen molar-refractivity contribution in [2.24, 2.45) is 0 Å². The lowest BCUT2D eigenvalue weighted by Crippen LogP contribution is -1.75. The average Bonchev–Trinajstić information content (AvgIpc) is 2.68. The summed E-state index contributed by atoms with van der Waals surface area (Å²) in [7, 11) is 0. The van der Waals surface area contributed by atoms with Crippen LogP contribution in [-0.2, 0) is 0 Å². The van der Waals surface area contributed by atoms with Crippen LogP contribution < -0.4 is 0 Å². The van der Waals surface area contributed by atoms with Crippen LogP contribution in [-0.4, -0.2) is 5.16 Å². The average molecular weight is 195 g/mol. The predicted molar refractivity (Wildman–Crippen MR) is 46.9 cm³/mol. The number of hydrogen-bond donors (Lipinski definition) is 0. The van der Waals surface area contributed by atoms with E-state index in [0.29, 0.717) is 0 Å². The zero-order valence-corrected chi connectivity index (χ0v) is 7.15. The third-order valence-corrected chi connectivity index (χ3v) is 1.79. The fourth-order valence-electron chi connectivity index (χ4n) is 1.01.